The molecular formula is C25H22FNO3. The zero-order chi connectivity index (χ0) is 21.5. The van der Waals surface area contributed by atoms with Crippen molar-refractivity contribution in [3.05, 3.63) is 102 Å². The summed E-state index contributed by atoms with van der Waals surface area (Å²) in [4.78, 5) is 39.5. The van der Waals surface area contributed by atoms with Gasteiger partial charge in [-0.15, -0.1) is 0 Å². The third-order valence-corrected chi connectivity index (χ3v) is 4.92. The van der Waals surface area contributed by atoms with E-state index in [1.165, 1.54) is 24.3 Å². The fraction of sp³-hybridized carbons (Fsp3) is 0.160. The number of rotatable bonds is 8. The first-order valence-corrected chi connectivity index (χ1v) is 9.74. The smallest absolute Gasteiger partial charge is 0.236 e. The number of benzene rings is 3. The molecule has 0 aromatic heterocycles. The van der Waals surface area contributed by atoms with Crippen molar-refractivity contribution < 1.29 is 18.8 Å². The summed E-state index contributed by atoms with van der Waals surface area (Å²) in [5, 5.41) is 2.75. The maximum atomic E-state index is 13.4. The predicted octanol–water partition coefficient (Wildman–Crippen LogP) is 5.03. The van der Waals surface area contributed by atoms with Gasteiger partial charge in [-0.1, -0.05) is 55.5 Å². The summed E-state index contributed by atoms with van der Waals surface area (Å²) in [6.07, 6.45) is 0.104. The normalized spacial score (nSPS) is 12.6. The summed E-state index contributed by atoms with van der Waals surface area (Å²) < 4.78 is 13.4. The topological polar surface area (TPSA) is 63.2 Å². The minimum atomic E-state index is -1.21. The third-order valence-electron chi connectivity index (χ3n) is 4.92. The summed E-state index contributed by atoms with van der Waals surface area (Å²) in [5.74, 6) is -3.99. The van der Waals surface area contributed by atoms with E-state index in [4.69, 9.17) is 0 Å². The van der Waals surface area contributed by atoms with Crippen molar-refractivity contribution in [2.24, 2.45) is 5.92 Å². The van der Waals surface area contributed by atoms with Crippen LogP contribution in [0.2, 0.25) is 0 Å². The molecule has 0 aliphatic rings. The second kappa shape index (κ2) is 9.74. The zero-order valence-electron chi connectivity index (χ0n) is 16.5. The molecule has 0 radical (unpaired) electrons. The van der Waals surface area contributed by atoms with E-state index in [1.54, 1.807) is 61.5 Å². The first kappa shape index (κ1) is 21.1. The fourth-order valence-corrected chi connectivity index (χ4v) is 3.39. The molecule has 0 aliphatic heterocycles. The number of Topliss-reactive ketones (excluding diaryl/α,β-unsaturated/α-hetero) is 2. The Hall–Kier alpha value is -3.60. The standard InChI is InChI=1S/C25H22FNO3/c1-2-21(28)23(25(30)27-20-11-7-4-8-12-20)22(17-9-5-3-6-10-17)24(29)18-13-15-19(26)16-14-18/h3-16,22-23H,2H2,1H3,(H,27,30). The number of halogens is 1. The van der Waals surface area contributed by atoms with Crippen LogP contribution in [0.3, 0.4) is 0 Å². The largest absolute Gasteiger partial charge is 0.325 e. The van der Waals surface area contributed by atoms with Gasteiger partial charge < -0.3 is 5.32 Å². The fourth-order valence-electron chi connectivity index (χ4n) is 3.39. The second-order valence-corrected chi connectivity index (χ2v) is 6.91. The number of carbonyl (C=O) groups excluding carboxylic acids is 3. The van der Waals surface area contributed by atoms with Crippen molar-refractivity contribution in [3.63, 3.8) is 0 Å². The Morgan fingerprint density at radius 3 is 1.97 bits per heavy atom. The lowest BCUT2D eigenvalue weighted by molar-refractivity contribution is -0.131. The molecule has 2 unspecified atom stereocenters. The van der Waals surface area contributed by atoms with Gasteiger partial charge in [0.15, 0.2) is 5.78 Å². The molecule has 0 spiro atoms. The summed E-state index contributed by atoms with van der Waals surface area (Å²) in [5.41, 5.74) is 1.34. The highest BCUT2D eigenvalue weighted by molar-refractivity contribution is 6.14. The van der Waals surface area contributed by atoms with Crippen molar-refractivity contribution >= 4 is 23.2 Å². The number of hydrogen-bond acceptors (Lipinski definition) is 3. The van der Waals surface area contributed by atoms with Crippen molar-refractivity contribution in [2.75, 3.05) is 5.32 Å². The lowest BCUT2D eigenvalue weighted by Gasteiger charge is -2.25. The van der Waals surface area contributed by atoms with Crippen LogP contribution in [0.5, 0.6) is 0 Å². The third kappa shape index (κ3) is 4.87. The van der Waals surface area contributed by atoms with Gasteiger partial charge in [0.25, 0.3) is 0 Å². The van der Waals surface area contributed by atoms with Gasteiger partial charge in [-0.3, -0.25) is 14.4 Å². The number of para-hydroxylation sites is 1. The molecule has 0 heterocycles. The monoisotopic (exact) mass is 403 g/mol. The average Bonchev–Trinajstić information content (AvgIpc) is 2.78. The number of carbonyl (C=O) groups is 3. The number of anilines is 1. The van der Waals surface area contributed by atoms with E-state index in [1.807, 2.05) is 6.07 Å². The Bertz CT molecular complexity index is 1020. The molecule has 152 valence electrons. The van der Waals surface area contributed by atoms with Crippen molar-refractivity contribution in [3.8, 4) is 0 Å². The lowest BCUT2D eigenvalue weighted by atomic mass is 9.77. The predicted molar refractivity (Wildman–Crippen MR) is 114 cm³/mol. The number of hydrogen-bond donors (Lipinski definition) is 1. The molecule has 1 N–H and O–H groups in total. The first-order valence-electron chi connectivity index (χ1n) is 9.74. The van der Waals surface area contributed by atoms with Crippen LogP contribution in [0.15, 0.2) is 84.9 Å². The number of ketones is 2. The average molecular weight is 403 g/mol. The summed E-state index contributed by atoms with van der Waals surface area (Å²) in [6, 6.07) is 22.6. The molecule has 1 amide bonds. The minimum Gasteiger partial charge on any atom is -0.325 e. The molecule has 2 atom stereocenters. The molecule has 3 rings (SSSR count). The van der Waals surface area contributed by atoms with E-state index in [0.717, 1.165) is 0 Å². The van der Waals surface area contributed by atoms with Gasteiger partial charge in [-0.25, -0.2) is 4.39 Å². The van der Waals surface area contributed by atoms with Crippen LogP contribution in [0.25, 0.3) is 0 Å². The van der Waals surface area contributed by atoms with E-state index in [0.29, 0.717) is 11.3 Å². The van der Waals surface area contributed by atoms with E-state index in [9.17, 15) is 18.8 Å². The Kier molecular flexibility index (Phi) is 6.86. The highest BCUT2D eigenvalue weighted by Crippen LogP contribution is 2.31. The van der Waals surface area contributed by atoms with Crippen LogP contribution in [0, 0.1) is 11.7 Å². The number of amides is 1. The van der Waals surface area contributed by atoms with Gasteiger partial charge in [0.05, 0.1) is 5.92 Å². The molecule has 0 bridgehead atoms. The van der Waals surface area contributed by atoms with Gasteiger partial charge in [0.1, 0.15) is 17.5 Å². The van der Waals surface area contributed by atoms with E-state index in [2.05, 4.69) is 5.32 Å². The SMILES string of the molecule is CCC(=O)C(C(=O)Nc1ccccc1)C(C(=O)c1ccc(F)cc1)c1ccccc1. The first-order chi connectivity index (χ1) is 14.5. The Balaban J connectivity index is 2.05. The second-order valence-electron chi connectivity index (χ2n) is 6.91. The van der Waals surface area contributed by atoms with E-state index >= 15 is 0 Å². The summed E-state index contributed by atoms with van der Waals surface area (Å²) in [7, 11) is 0. The van der Waals surface area contributed by atoms with Gasteiger partial charge >= 0.3 is 0 Å². The van der Waals surface area contributed by atoms with Crippen molar-refractivity contribution in [2.45, 2.75) is 19.3 Å². The highest BCUT2D eigenvalue weighted by atomic mass is 19.1. The van der Waals surface area contributed by atoms with Crippen LogP contribution in [0.1, 0.15) is 35.2 Å². The van der Waals surface area contributed by atoms with Crippen LogP contribution in [-0.2, 0) is 9.59 Å². The minimum absolute atomic E-state index is 0.104. The van der Waals surface area contributed by atoms with Crippen LogP contribution in [0.4, 0.5) is 10.1 Å². The summed E-state index contributed by atoms with van der Waals surface area (Å²) in [6.45, 7) is 1.66. The van der Waals surface area contributed by atoms with Gasteiger partial charge in [-0.05, 0) is 42.0 Å². The van der Waals surface area contributed by atoms with Crippen LogP contribution < -0.4 is 5.32 Å². The van der Waals surface area contributed by atoms with E-state index in [-0.39, 0.29) is 17.8 Å². The zero-order valence-corrected chi connectivity index (χ0v) is 16.5. The van der Waals surface area contributed by atoms with Gasteiger partial charge in [-0.2, -0.15) is 0 Å². The van der Waals surface area contributed by atoms with Crippen LogP contribution >= 0.6 is 0 Å². The molecular weight excluding hydrogens is 381 g/mol. The maximum absolute atomic E-state index is 13.4. The quantitative estimate of drug-likeness (QED) is 0.424. The molecule has 3 aromatic carbocycles. The Morgan fingerprint density at radius 2 is 1.40 bits per heavy atom. The lowest BCUT2D eigenvalue weighted by Crippen LogP contribution is -2.38. The highest BCUT2D eigenvalue weighted by Gasteiger charge is 2.39. The Morgan fingerprint density at radius 1 is 0.833 bits per heavy atom. The molecule has 0 fully saturated rings. The van der Waals surface area contributed by atoms with E-state index < -0.39 is 29.3 Å². The molecule has 4 nitrogen and oxygen atoms in total. The van der Waals surface area contributed by atoms with Gasteiger partial charge in [0, 0.05) is 17.7 Å². The van der Waals surface area contributed by atoms with Crippen molar-refractivity contribution in [1.29, 1.82) is 0 Å². The molecule has 5 heteroatoms. The summed E-state index contributed by atoms with van der Waals surface area (Å²) >= 11 is 0. The Labute approximate surface area is 174 Å². The van der Waals surface area contributed by atoms with Crippen LogP contribution in [-0.4, -0.2) is 17.5 Å². The molecule has 3 aromatic rings. The van der Waals surface area contributed by atoms with Gasteiger partial charge in [0.2, 0.25) is 5.91 Å². The van der Waals surface area contributed by atoms with Crippen molar-refractivity contribution in [1.82, 2.24) is 0 Å². The maximum Gasteiger partial charge on any atom is 0.236 e. The molecule has 30 heavy (non-hydrogen) atoms. The molecule has 0 aliphatic carbocycles. The molecule has 0 saturated heterocycles. The molecule has 0 saturated carbocycles. The number of nitrogens with one attached hydrogen (secondary N) is 1.